The highest BCUT2D eigenvalue weighted by Crippen LogP contribution is 2.55. The number of hydrogen-bond donors (Lipinski definition) is 0. The number of anilines is 3. The molecule has 6 aromatic carbocycles. The van der Waals surface area contributed by atoms with Crippen LogP contribution in [0.1, 0.15) is 25.0 Å². The van der Waals surface area contributed by atoms with Gasteiger partial charge in [-0.2, -0.15) is 0 Å². The normalized spacial score (nSPS) is 13.6. The molecule has 53 heavy (non-hydrogen) atoms. The highest BCUT2D eigenvalue weighted by atomic mass is 16.5. The number of pyridine rings is 2. The van der Waals surface area contributed by atoms with Crippen molar-refractivity contribution in [3.63, 3.8) is 0 Å². The number of imidazole rings is 1. The number of ether oxygens (including phenoxy) is 1. The van der Waals surface area contributed by atoms with Gasteiger partial charge in [-0.15, -0.1) is 0 Å². The molecule has 0 radical (unpaired) electrons. The molecule has 11 rings (SSSR count). The van der Waals surface area contributed by atoms with Crippen LogP contribution in [-0.2, 0) is 5.41 Å². The molecular formula is C47H33N5O. The van der Waals surface area contributed by atoms with Gasteiger partial charge in [0.05, 0.1) is 27.9 Å². The lowest BCUT2D eigenvalue weighted by Gasteiger charge is -2.41. The average molecular weight is 684 g/mol. The lowest BCUT2D eigenvalue weighted by molar-refractivity contribution is 0.483. The van der Waals surface area contributed by atoms with Crippen LogP contribution in [0.3, 0.4) is 0 Å². The largest absolute Gasteiger partial charge is 0.457 e. The molecule has 0 saturated heterocycles. The Bertz CT molecular complexity index is 3080. The number of benzene rings is 6. The maximum atomic E-state index is 6.71. The molecule has 1 aliphatic rings. The minimum atomic E-state index is -0.302. The lowest BCUT2D eigenvalue weighted by atomic mass is 9.74. The molecule has 1 aliphatic heterocycles. The van der Waals surface area contributed by atoms with Crippen molar-refractivity contribution in [3.8, 4) is 17.2 Å². The van der Waals surface area contributed by atoms with E-state index in [4.69, 9.17) is 14.7 Å². The van der Waals surface area contributed by atoms with Gasteiger partial charge in [0.2, 0.25) is 0 Å². The zero-order valence-electron chi connectivity index (χ0n) is 29.2. The zero-order valence-corrected chi connectivity index (χ0v) is 29.2. The number of rotatable bonds is 4. The number of aromatic nitrogens is 4. The zero-order chi connectivity index (χ0) is 35.3. The molecule has 0 spiro atoms. The van der Waals surface area contributed by atoms with Crippen LogP contribution in [0, 0.1) is 0 Å². The van der Waals surface area contributed by atoms with E-state index in [0.29, 0.717) is 0 Å². The van der Waals surface area contributed by atoms with Crippen molar-refractivity contribution in [2.45, 2.75) is 19.3 Å². The van der Waals surface area contributed by atoms with Crippen molar-refractivity contribution in [2.75, 3.05) is 4.90 Å². The second-order valence-corrected chi connectivity index (χ2v) is 14.3. The first kappa shape index (κ1) is 29.8. The molecule has 0 fully saturated rings. The molecule has 0 saturated carbocycles. The fourth-order valence-corrected chi connectivity index (χ4v) is 8.62. The second kappa shape index (κ2) is 11.0. The Hall–Kier alpha value is -6.92. The van der Waals surface area contributed by atoms with Gasteiger partial charge in [-0.25, -0.2) is 9.97 Å². The molecular weight excluding hydrogens is 651 g/mol. The van der Waals surface area contributed by atoms with Gasteiger partial charge in [-0.05, 0) is 71.6 Å². The number of hydrogen-bond acceptors (Lipinski definition) is 4. The molecule has 0 bridgehead atoms. The smallest absolute Gasteiger partial charge is 0.145 e. The van der Waals surface area contributed by atoms with Gasteiger partial charge in [0.1, 0.15) is 23.0 Å². The average Bonchev–Trinajstić information content (AvgIpc) is 3.83. The third-order valence-corrected chi connectivity index (χ3v) is 11.0. The maximum Gasteiger partial charge on any atom is 0.145 e. The Morgan fingerprint density at radius 3 is 2.13 bits per heavy atom. The van der Waals surface area contributed by atoms with Crippen molar-refractivity contribution >= 4 is 66.3 Å². The number of para-hydroxylation sites is 3. The van der Waals surface area contributed by atoms with Gasteiger partial charge in [0.25, 0.3) is 0 Å². The van der Waals surface area contributed by atoms with Crippen LogP contribution in [0.15, 0.2) is 164 Å². The first-order chi connectivity index (χ1) is 26.1. The van der Waals surface area contributed by atoms with Crippen LogP contribution < -0.4 is 9.64 Å². The monoisotopic (exact) mass is 683 g/mol. The molecule has 252 valence electrons. The summed E-state index contributed by atoms with van der Waals surface area (Å²) in [6.45, 7) is 4.62. The molecule has 10 aromatic rings. The van der Waals surface area contributed by atoms with E-state index in [0.717, 1.165) is 61.8 Å². The summed E-state index contributed by atoms with van der Waals surface area (Å²) in [5, 5.41) is 5.78. The van der Waals surface area contributed by atoms with Gasteiger partial charge >= 0.3 is 0 Å². The Morgan fingerprint density at radius 2 is 1.26 bits per heavy atom. The fourth-order valence-electron chi connectivity index (χ4n) is 8.62. The Balaban J connectivity index is 1.12. The van der Waals surface area contributed by atoms with Gasteiger partial charge in [-0.1, -0.05) is 92.7 Å². The standard InChI is InChI=1S/C47H33N5O/c1-47(2)39-24-23-37-36-17-7-9-20-42(36)51(30-12-4-3-5-13-30)43(37)44(39)52(46-40(47)18-11-25-48-46)31-14-10-15-32(28-31)53-33-21-22-34-35-16-6-8-19-41(35)50-27-26-49-45(50)38(34)29-33/h3-29H,1-2H3. The first-order valence-electron chi connectivity index (χ1n) is 18.0. The van der Waals surface area contributed by atoms with Gasteiger partial charge in [0.15, 0.2) is 0 Å². The van der Waals surface area contributed by atoms with Crippen LogP contribution in [-0.4, -0.2) is 18.9 Å². The van der Waals surface area contributed by atoms with Crippen molar-refractivity contribution in [1.29, 1.82) is 0 Å². The Kier molecular flexibility index (Phi) is 6.20. The van der Waals surface area contributed by atoms with Gasteiger partial charge in [0, 0.05) is 62.9 Å². The molecule has 4 aromatic heterocycles. The van der Waals surface area contributed by atoms with E-state index in [2.05, 4.69) is 161 Å². The Labute approximate surface area is 305 Å². The SMILES string of the molecule is CC1(C)c2cccnc2N(c2cccc(Oc3ccc4c5ccccc5n5ccnc5c4c3)c2)c2c1ccc1c3ccccc3n(-c3ccccc3)c21. The molecule has 6 nitrogen and oxygen atoms in total. The summed E-state index contributed by atoms with van der Waals surface area (Å²) in [6.07, 6.45) is 5.78. The van der Waals surface area contributed by atoms with Crippen LogP contribution in [0.25, 0.3) is 54.8 Å². The third-order valence-electron chi connectivity index (χ3n) is 11.0. The molecule has 0 N–H and O–H groups in total. The van der Waals surface area contributed by atoms with Crippen LogP contribution in [0.2, 0.25) is 0 Å². The van der Waals surface area contributed by atoms with Crippen LogP contribution >= 0.6 is 0 Å². The van der Waals surface area contributed by atoms with E-state index in [1.54, 1.807) is 0 Å². The predicted molar refractivity (Wildman–Crippen MR) is 216 cm³/mol. The van der Waals surface area contributed by atoms with Crippen molar-refractivity contribution in [1.82, 2.24) is 18.9 Å². The highest BCUT2D eigenvalue weighted by molar-refractivity contribution is 6.16. The van der Waals surface area contributed by atoms with Crippen molar-refractivity contribution < 1.29 is 4.74 Å². The lowest BCUT2D eigenvalue weighted by Crippen LogP contribution is -2.31. The minimum Gasteiger partial charge on any atom is -0.457 e. The Morgan fingerprint density at radius 1 is 0.528 bits per heavy atom. The summed E-state index contributed by atoms with van der Waals surface area (Å²) in [6, 6.07) is 51.4. The predicted octanol–water partition coefficient (Wildman–Crippen LogP) is 12.0. The van der Waals surface area contributed by atoms with Gasteiger partial charge in [-0.3, -0.25) is 9.30 Å². The van der Waals surface area contributed by atoms with Crippen LogP contribution in [0.5, 0.6) is 11.5 Å². The first-order valence-corrected chi connectivity index (χ1v) is 18.0. The van der Waals surface area contributed by atoms with Crippen molar-refractivity contribution in [2.24, 2.45) is 0 Å². The molecule has 0 unspecified atom stereocenters. The third kappa shape index (κ3) is 4.26. The summed E-state index contributed by atoms with van der Waals surface area (Å²) in [7, 11) is 0. The quantitative estimate of drug-likeness (QED) is 0.173. The molecule has 0 aliphatic carbocycles. The maximum absolute atomic E-state index is 6.71. The van der Waals surface area contributed by atoms with Crippen molar-refractivity contribution in [3.05, 3.63) is 175 Å². The highest BCUT2D eigenvalue weighted by Gasteiger charge is 2.40. The summed E-state index contributed by atoms with van der Waals surface area (Å²) in [5.41, 5.74) is 9.67. The van der Waals surface area contributed by atoms with E-state index in [9.17, 15) is 0 Å². The van der Waals surface area contributed by atoms with Crippen LogP contribution in [0.4, 0.5) is 17.2 Å². The molecule has 6 heteroatoms. The second-order valence-electron chi connectivity index (χ2n) is 14.3. The minimum absolute atomic E-state index is 0.302. The van der Waals surface area contributed by atoms with E-state index in [1.807, 2.05) is 30.7 Å². The molecule has 0 amide bonds. The summed E-state index contributed by atoms with van der Waals surface area (Å²) < 4.78 is 11.3. The number of fused-ring (bicyclic) bond motifs is 12. The van der Waals surface area contributed by atoms with E-state index < -0.39 is 0 Å². The topological polar surface area (TPSA) is 47.6 Å². The summed E-state index contributed by atoms with van der Waals surface area (Å²) in [4.78, 5) is 12.2. The number of nitrogens with zero attached hydrogens (tertiary/aromatic N) is 5. The van der Waals surface area contributed by atoms with Gasteiger partial charge < -0.3 is 9.30 Å². The summed E-state index contributed by atoms with van der Waals surface area (Å²) in [5.74, 6) is 2.40. The van der Waals surface area contributed by atoms with E-state index in [-0.39, 0.29) is 5.41 Å². The van der Waals surface area contributed by atoms with E-state index in [1.165, 1.54) is 32.8 Å². The molecule has 0 atom stereocenters. The fraction of sp³-hybridized carbons (Fsp3) is 0.0638. The molecule has 5 heterocycles. The van der Waals surface area contributed by atoms with E-state index >= 15 is 0 Å². The summed E-state index contributed by atoms with van der Waals surface area (Å²) >= 11 is 0.